The lowest BCUT2D eigenvalue weighted by molar-refractivity contribution is 0.282. The third kappa shape index (κ3) is 2.72. The van der Waals surface area contributed by atoms with Gasteiger partial charge in [-0.05, 0) is 31.0 Å². The predicted octanol–water partition coefficient (Wildman–Crippen LogP) is 3.77. The van der Waals surface area contributed by atoms with Crippen LogP contribution in [0.15, 0.2) is 48.5 Å². The minimum Gasteiger partial charge on any atom is -0.338 e. The smallest absolute Gasteiger partial charge is 0.226 e. The Morgan fingerprint density at radius 1 is 0.923 bits per heavy atom. The summed E-state index contributed by atoms with van der Waals surface area (Å²) in [5.74, 6) is 0.458. The molecule has 2 unspecified atom stereocenters. The maximum absolute atomic E-state index is 14.5. The Labute approximate surface area is 152 Å². The van der Waals surface area contributed by atoms with Crippen molar-refractivity contribution in [2.45, 2.75) is 31.3 Å². The van der Waals surface area contributed by atoms with E-state index < -0.39 is 0 Å². The third-order valence-electron chi connectivity index (χ3n) is 5.46. The number of piperidine rings is 1. The Hall–Kier alpha value is -2.53. The molecular weight excluding hydrogens is 327 g/mol. The van der Waals surface area contributed by atoms with Crippen LogP contribution in [-0.2, 0) is 0 Å². The molecule has 1 N–H and O–H groups in total. The highest BCUT2D eigenvalue weighted by molar-refractivity contribution is 5.93. The molecule has 3 aromatic rings. The van der Waals surface area contributed by atoms with Crippen LogP contribution in [0.2, 0.25) is 0 Å². The largest absolute Gasteiger partial charge is 0.338 e. The number of nitrogens with one attached hydrogen (secondary N) is 1. The fraction of sp³-hybridized carbons (Fsp3) is 0.333. The standard InChI is InChI=1S/C21H21FN4/c22-18-10-3-1-8-16(18)20-17-9-2-4-11-19(17)24-21(25-20)26-12-14-6-5-7-15(13-26)23-14/h1-4,8-11,14-15,23H,5-7,12-13H2. The lowest BCUT2D eigenvalue weighted by atomic mass is 9.94. The molecule has 2 atom stereocenters. The van der Waals surface area contributed by atoms with E-state index in [9.17, 15) is 4.39 Å². The number of anilines is 1. The van der Waals surface area contributed by atoms with Gasteiger partial charge in [0.1, 0.15) is 5.82 Å². The second-order valence-corrected chi connectivity index (χ2v) is 7.27. The van der Waals surface area contributed by atoms with E-state index in [-0.39, 0.29) is 5.82 Å². The van der Waals surface area contributed by atoms with Gasteiger partial charge in [0.2, 0.25) is 5.95 Å². The van der Waals surface area contributed by atoms with Gasteiger partial charge in [-0.25, -0.2) is 14.4 Å². The summed E-state index contributed by atoms with van der Waals surface area (Å²) < 4.78 is 14.5. The first kappa shape index (κ1) is 15.7. The third-order valence-corrected chi connectivity index (χ3v) is 5.46. The minimum absolute atomic E-state index is 0.250. The van der Waals surface area contributed by atoms with Crippen LogP contribution in [0.3, 0.4) is 0 Å². The van der Waals surface area contributed by atoms with Gasteiger partial charge < -0.3 is 10.2 Å². The molecule has 0 aliphatic carbocycles. The molecule has 1 aromatic heterocycles. The van der Waals surface area contributed by atoms with Crippen molar-refractivity contribution >= 4 is 16.9 Å². The number of hydrogen-bond donors (Lipinski definition) is 1. The molecule has 0 radical (unpaired) electrons. The number of piperazine rings is 1. The van der Waals surface area contributed by atoms with Crippen LogP contribution < -0.4 is 10.2 Å². The summed E-state index contributed by atoms with van der Waals surface area (Å²) in [6.45, 7) is 1.82. The van der Waals surface area contributed by atoms with Crippen molar-refractivity contribution in [3.05, 3.63) is 54.3 Å². The van der Waals surface area contributed by atoms with Gasteiger partial charge in [-0.2, -0.15) is 0 Å². The van der Waals surface area contributed by atoms with Crippen molar-refractivity contribution < 1.29 is 4.39 Å². The van der Waals surface area contributed by atoms with Crippen LogP contribution in [0, 0.1) is 5.82 Å². The SMILES string of the molecule is Fc1ccccc1-c1nc(N2CC3CCCC(C2)N3)nc2ccccc12. The van der Waals surface area contributed by atoms with Crippen molar-refractivity contribution in [3.63, 3.8) is 0 Å². The predicted molar refractivity (Wildman–Crippen MR) is 102 cm³/mol. The van der Waals surface area contributed by atoms with Crippen molar-refractivity contribution in [2.24, 2.45) is 0 Å². The zero-order chi connectivity index (χ0) is 17.5. The van der Waals surface area contributed by atoms with Gasteiger partial charge in [0.15, 0.2) is 0 Å². The molecule has 0 saturated carbocycles. The van der Waals surface area contributed by atoms with Crippen LogP contribution in [0.5, 0.6) is 0 Å². The lowest BCUT2D eigenvalue weighted by Crippen LogP contribution is -2.59. The average Bonchev–Trinajstić information content (AvgIpc) is 2.67. The first-order valence-electron chi connectivity index (χ1n) is 9.30. The van der Waals surface area contributed by atoms with E-state index in [1.807, 2.05) is 30.3 Å². The molecule has 3 heterocycles. The molecule has 4 nitrogen and oxygen atoms in total. The molecule has 2 aliphatic rings. The number of fused-ring (bicyclic) bond motifs is 3. The van der Waals surface area contributed by atoms with Gasteiger partial charge in [0, 0.05) is 36.1 Å². The summed E-state index contributed by atoms with van der Waals surface area (Å²) in [6, 6.07) is 15.7. The summed E-state index contributed by atoms with van der Waals surface area (Å²) in [6.07, 6.45) is 3.68. The Bertz CT molecular complexity index is 946. The van der Waals surface area contributed by atoms with Crippen LogP contribution in [0.25, 0.3) is 22.2 Å². The molecular formula is C21H21FN4. The topological polar surface area (TPSA) is 41.1 Å². The van der Waals surface area contributed by atoms with E-state index in [4.69, 9.17) is 9.97 Å². The van der Waals surface area contributed by atoms with Gasteiger partial charge in [0.05, 0.1) is 11.2 Å². The van der Waals surface area contributed by atoms with Gasteiger partial charge in [0.25, 0.3) is 0 Å². The molecule has 2 saturated heterocycles. The number of rotatable bonds is 2. The first-order chi connectivity index (χ1) is 12.8. The molecule has 5 heteroatoms. The highest BCUT2D eigenvalue weighted by Gasteiger charge is 2.31. The number of halogens is 1. The molecule has 2 bridgehead atoms. The van der Waals surface area contributed by atoms with Crippen LogP contribution >= 0.6 is 0 Å². The minimum atomic E-state index is -0.250. The average molecular weight is 348 g/mol. The van der Waals surface area contributed by atoms with Crippen molar-refractivity contribution in [1.82, 2.24) is 15.3 Å². The molecule has 5 rings (SSSR count). The normalized spacial score (nSPS) is 22.6. The molecule has 2 aromatic carbocycles. The van der Waals surface area contributed by atoms with E-state index in [1.165, 1.54) is 25.3 Å². The monoisotopic (exact) mass is 348 g/mol. The molecule has 0 amide bonds. The first-order valence-corrected chi connectivity index (χ1v) is 9.30. The summed E-state index contributed by atoms with van der Waals surface area (Å²) >= 11 is 0. The summed E-state index contributed by atoms with van der Waals surface area (Å²) in [4.78, 5) is 11.9. The van der Waals surface area contributed by atoms with Crippen molar-refractivity contribution in [3.8, 4) is 11.3 Å². The maximum atomic E-state index is 14.5. The zero-order valence-corrected chi connectivity index (χ0v) is 14.5. The molecule has 132 valence electrons. The molecule has 2 aliphatic heterocycles. The van der Waals surface area contributed by atoms with Crippen LogP contribution in [0.4, 0.5) is 10.3 Å². The lowest BCUT2D eigenvalue weighted by Gasteiger charge is -2.42. The Kier molecular flexibility index (Phi) is 3.82. The number of para-hydroxylation sites is 1. The molecule has 0 spiro atoms. The van der Waals surface area contributed by atoms with Gasteiger partial charge in [-0.3, -0.25) is 0 Å². The second-order valence-electron chi connectivity index (χ2n) is 7.27. The fourth-order valence-corrected chi connectivity index (χ4v) is 4.23. The quantitative estimate of drug-likeness (QED) is 0.765. The van der Waals surface area contributed by atoms with Crippen molar-refractivity contribution in [2.75, 3.05) is 18.0 Å². The van der Waals surface area contributed by atoms with Crippen molar-refractivity contribution in [1.29, 1.82) is 0 Å². The van der Waals surface area contributed by atoms with Gasteiger partial charge >= 0.3 is 0 Å². The number of hydrogen-bond acceptors (Lipinski definition) is 4. The van der Waals surface area contributed by atoms with Crippen LogP contribution in [-0.4, -0.2) is 35.1 Å². The fourth-order valence-electron chi connectivity index (χ4n) is 4.23. The number of aromatic nitrogens is 2. The summed E-state index contributed by atoms with van der Waals surface area (Å²) in [5, 5.41) is 4.57. The van der Waals surface area contributed by atoms with Crippen LogP contribution in [0.1, 0.15) is 19.3 Å². The summed E-state index contributed by atoms with van der Waals surface area (Å²) in [7, 11) is 0. The number of benzene rings is 2. The Morgan fingerprint density at radius 2 is 1.65 bits per heavy atom. The Morgan fingerprint density at radius 3 is 2.46 bits per heavy atom. The number of nitrogens with zero attached hydrogens (tertiary/aromatic N) is 3. The maximum Gasteiger partial charge on any atom is 0.226 e. The van der Waals surface area contributed by atoms with E-state index in [1.54, 1.807) is 12.1 Å². The van der Waals surface area contributed by atoms with E-state index >= 15 is 0 Å². The Balaban J connectivity index is 1.64. The second kappa shape index (κ2) is 6.32. The highest BCUT2D eigenvalue weighted by Crippen LogP contribution is 2.31. The summed E-state index contributed by atoms with van der Waals surface area (Å²) in [5.41, 5.74) is 2.06. The molecule has 26 heavy (non-hydrogen) atoms. The van der Waals surface area contributed by atoms with E-state index in [2.05, 4.69) is 10.2 Å². The van der Waals surface area contributed by atoms with E-state index in [0.717, 1.165) is 24.0 Å². The molecule has 2 fully saturated rings. The van der Waals surface area contributed by atoms with Gasteiger partial charge in [-0.1, -0.05) is 36.8 Å². The van der Waals surface area contributed by atoms with E-state index in [0.29, 0.717) is 29.3 Å². The zero-order valence-electron chi connectivity index (χ0n) is 14.5. The van der Waals surface area contributed by atoms with Gasteiger partial charge in [-0.15, -0.1) is 0 Å². The highest BCUT2D eigenvalue weighted by atomic mass is 19.1.